The Morgan fingerprint density at radius 2 is 1.75 bits per heavy atom. The summed E-state index contributed by atoms with van der Waals surface area (Å²) < 4.78 is 5.99. The van der Waals surface area contributed by atoms with Crippen molar-refractivity contribution in [3.05, 3.63) is 88.5 Å². The highest BCUT2D eigenvalue weighted by Crippen LogP contribution is 2.28. The lowest BCUT2D eigenvalue weighted by molar-refractivity contribution is -0.115. The van der Waals surface area contributed by atoms with Crippen molar-refractivity contribution in [3.8, 4) is 0 Å². The maximum Gasteiger partial charge on any atom is 0.290 e. The fraction of sp³-hybridized carbons (Fsp3) is 0.0435. The normalized spacial score (nSPS) is 15.6. The minimum atomic E-state index is -0.348. The molecule has 4 nitrogen and oxygen atoms in total. The summed E-state index contributed by atoms with van der Waals surface area (Å²) >= 11 is 0.920. The summed E-state index contributed by atoms with van der Waals surface area (Å²) in [5.41, 5.74) is 2.85. The van der Waals surface area contributed by atoms with Crippen LogP contribution in [0.15, 0.2) is 76.1 Å². The van der Waals surface area contributed by atoms with Crippen molar-refractivity contribution in [2.24, 2.45) is 0 Å². The number of fused-ring (bicyclic) bond motifs is 2. The van der Waals surface area contributed by atoms with Gasteiger partial charge in [0.15, 0.2) is 0 Å². The highest BCUT2D eigenvalue weighted by Gasteiger charge is 2.24. The molecule has 0 unspecified atom stereocenters. The zero-order valence-corrected chi connectivity index (χ0v) is 15.6. The molecule has 5 rings (SSSR count). The summed E-state index contributed by atoms with van der Waals surface area (Å²) in [5.74, 6) is 0.539. The molecule has 1 fully saturated rings. The van der Waals surface area contributed by atoms with Crippen LogP contribution in [0.4, 0.5) is 4.79 Å². The van der Waals surface area contributed by atoms with Gasteiger partial charge in [0.2, 0.25) is 0 Å². The van der Waals surface area contributed by atoms with Crippen molar-refractivity contribution in [2.75, 3.05) is 0 Å². The van der Waals surface area contributed by atoms with Gasteiger partial charge in [-0.3, -0.25) is 14.9 Å². The molecule has 28 heavy (non-hydrogen) atoms. The van der Waals surface area contributed by atoms with Gasteiger partial charge in [-0.1, -0.05) is 48.5 Å². The quantitative estimate of drug-likeness (QED) is 0.473. The maximum absolute atomic E-state index is 11.7. The van der Waals surface area contributed by atoms with E-state index in [4.69, 9.17) is 4.42 Å². The molecule has 3 aromatic carbocycles. The molecule has 0 atom stereocenters. The average molecular weight is 385 g/mol. The molecule has 1 aliphatic heterocycles. The fourth-order valence-electron chi connectivity index (χ4n) is 3.42. The topological polar surface area (TPSA) is 59.3 Å². The molecule has 0 aliphatic carbocycles. The number of benzene rings is 3. The molecule has 0 spiro atoms. The van der Waals surface area contributed by atoms with Crippen LogP contribution in [0.2, 0.25) is 0 Å². The number of imide groups is 1. The Hall–Kier alpha value is -3.31. The van der Waals surface area contributed by atoms with Crippen molar-refractivity contribution in [1.29, 1.82) is 0 Å². The Morgan fingerprint density at radius 3 is 2.57 bits per heavy atom. The van der Waals surface area contributed by atoms with E-state index in [0.717, 1.165) is 34.1 Å². The molecular weight excluding hydrogens is 370 g/mol. The first-order valence-electron chi connectivity index (χ1n) is 8.89. The van der Waals surface area contributed by atoms with Crippen LogP contribution in [0.5, 0.6) is 0 Å². The molecule has 0 radical (unpaired) electrons. The third kappa shape index (κ3) is 3.21. The Balaban J connectivity index is 1.44. The molecule has 5 heteroatoms. The lowest BCUT2D eigenvalue weighted by Crippen LogP contribution is -2.17. The van der Waals surface area contributed by atoms with Crippen LogP contribution in [-0.2, 0) is 11.2 Å². The second-order valence-corrected chi connectivity index (χ2v) is 7.74. The standard InChI is InChI=1S/C23H15NO3S/c25-22-21(28-23(26)24-22)12-15-6-8-20-18(10-15)13-19(27-20)11-14-5-7-16-3-1-2-4-17(16)9-14/h1-10,12-13H,11H2,(H,24,25,26)/b21-12-. The molecule has 2 amide bonds. The summed E-state index contributed by atoms with van der Waals surface area (Å²) in [6.07, 6.45) is 2.43. The zero-order chi connectivity index (χ0) is 19.1. The van der Waals surface area contributed by atoms with Crippen LogP contribution in [0.1, 0.15) is 16.9 Å². The number of hydrogen-bond donors (Lipinski definition) is 1. The number of furan rings is 1. The Bertz CT molecular complexity index is 1290. The molecular formula is C23H15NO3S. The molecule has 1 aromatic heterocycles. The molecule has 1 saturated heterocycles. The number of carbonyl (C=O) groups is 2. The smallest absolute Gasteiger partial charge is 0.290 e. The maximum atomic E-state index is 11.7. The van der Waals surface area contributed by atoms with Gasteiger partial charge >= 0.3 is 0 Å². The van der Waals surface area contributed by atoms with E-state index in [1.807, 2.05) is 36.4 Å². The van der Waals surface area contributed by atoms with Crippen LogP contribution in [0.25, 0.3) is 27.8 Å². The highest BCUT2D eigenvalue weighted by atomic mass is 32.2. The van der Waals surface area contributed by atoms with Gasteiger partial charge in [0.05, 0.1) is 4.91 Å². The van der Waals surface area contributed by atoms with Crippen molar-refractivity contribution in [1.82, 2.24) is 5.32 Å². The van der Waals surface area contributed by atoms with Crippen LogP contribution in [-0.4, -0.2) is 11.1 Å². The SMILES string of the molecule is O=C1NC(=O)/C(=C/c2ccc3oc(Cc4ccc5ccccc5c4)cc3c2)S1. The lowest BCUT2D eigenvalue weighted by atomic mass is 10.0. The van der Waals surface area contributed by atoms with Gasteiger partial charge < -0.3 is 4.42 Å². The Morgan fingerprint density at radius 1 is 0.893 bits per heavy atom. The first-order valence-corrected chi connectivity index (χ1v) is 9.71. The largest absolute Gasteiger partial charge is 0.461 e. The van der Waals surface area contributed by atoms with Gasteiger partial charge in [-0.2, -0.15) is 0 Å². The Kier molecular flexibility index (Phi) is 4.02. The Labute approximate surface area is 165 Å². The number of rotatable bonds is 3. The van der Waals surface area contributed by atoms with E-state index >= 15 is 0 Å². The predicted molar refractivity (Wildman–Crippen MR) is 112 cm³/mol. The van der Waals surface area contributed by atoms with Gasteiger partial charge in [0.25, 0.3) is 11.1 Å². The third-order valence-corrected chi connectivity index (χ3v) is 5.53. The summed E-state index contributed by atoms with van der Waals surface area (Å²) in [4.78, 5) is 23.4. The van der Waals surface area contributed by atoms with Crippen LogP contribution >= 0.6 is 11.8 Å². The van der Waals surface area contributed by atoms with Gasteiger partial charge in [0.1, 0.15) is 11.3 Å². The minimum Gasteiger partial charge on any atom is -0.461 e. The molecule has 1 aliphatic rings. The number of hydrogen-bond acceptors (Lipinski definition) is 4. The summed E-state index contributed by atoms with van der Waals surface area (Å²) in [6, 6.07) is 22.5. The summed E-state index contributed by atoms with van der Waals surface area (Å²) in [5, 5.41) is 5.34. The van der Waals surface area contributed by atoms with Gasteiger partial charge in [0, 0.05) is 11.8 Å². The van der Waals surface area contributed by atoms with E-state index < -0.39 is 0 Å². The minimum absolute atomic E-state index is 0.335. The van der Waals surface area contributed by atoms with Crippen molar-refractivity contribution in [2.45, 2.75) is 6.42 Å². The molecule has 136 valence electrons. The van der Waals surface area contributed by atoms with E-state index in [-0.39, 0.29) is 11.1 Å². The number of amides is 2. The monoisotopic (exact) mass is 385 g/mol. The van der Waals surface area contributed by atoms with E-state index in [0.29, 0.717) is 11.3 Å². The van der Waals surface area contributed by atoms with Crippen LogP contribution in [0.3, 0.4) is 0 Å². The van der Waals surface area contributed by atoms with Crippen molar-refractivity contribution < 1.29 is 14.0 Å². The number of thioether (sulfide) groups is 1. The van der Waals surface area contributed by atoms with Crippen LogP contribution in [0, 0.1) is 0 Å². The average Bonchev–Trinajstić information content (AvgIpc) is 3.23. The zero-order valence-electron chi connectivity index (χ0n) is 14.8. The first kappa shape index (κ1) is 16.8. The second-order valence-electron chi connectivity index (χ2n) is 6.72. The number of nitrogens with one attached hydrogen (secondary N) is 1. The summed E-state index contributed by atoms with van der Waals surface area (Å²) in [6.45, 7) is 0. The van der Waals surface area contributed by atoms with E-state index in [2.05, 4.69) is 35.6 Å². The van der Waals surface area contributed by atoms with Gasteiger partial charge in [-0.15, -0.1) is 0 Å². The second kappa shape index (κ2) is 6.69. The van der Waals surface area contributed by atoms with Gasteiger partial charge in [-0.05, 0) is 57.9 Å². The molecule has 4 aromatic rings. The van der Waals surface area contributed by atoms with E-state index in [1.54, 1.807) is 6.08 Å². The van der Waals surface area contributed by atoms with Gasteiger partial charge in [-0.25, -0.2) is 0 Å². The first-order chi connectivity index (χ1) is 13.6. The van der Waals surface area contributed by atoms with Crippen LogP contribution < -0.4 is 5.32 Å². The number of carbonyl (C=O) groups excluding carboxylic acids is 2. The van der Waals surface area contributed by atoms with E-state index in [9.17, 15) is 9.59 Å². The molecule has 0 bridgehead atoms. The summed E-state index contributed by atoms with van der Waals surface area (Å²) in [7, 11) is 0. The van der Waals surface area contributed by atoms with E-state index in [1.165, 1.54) is 16.3 Å². The lowest BCUT2D eigenvalue weighted by Gasteiger charge is -2.01. The molecule has 0 saturated carbocycles. The van der Waals surface area contributed by atoms with Crippen molar-refractivity contribution in [3.63, 3.8) is 0 Å². The van der Waals surface area contributed by atoms with Crippen molar-refractivity contribution >= 4 is 50.7 Å². The predicted octanol–water partition coefficient (Wildman–Crippen LogP) is 5.50. The molecule has 1 N–H and O–H groups in total. The fourth-order valence-corrected chi connectivity index (χ4v) is 4.10. The third-order valence-electron chi connectivity index (χ3n) is 4.72. The molecule has 2 heterocycles. The highest BCUT2D eigenvalue weighted by molar-refractivity contribution is 8.18.